The maximum atomic E-state index is 11.6. The van der Waals surface area contributed by atoms with Gasteiger partial charge in [0.05, 0.1) is 5.92 Å². The van der Waals surface area contributed by atoms with Crippen molar-refractivity contribution in [3.05, 3.63) is 0 Å². The zero-order valence-corrected chi connectivity index (χ0v) is 8.47. The van der Waals surface area contributed by atoms with E-state index in [0.29, 0.717) is 0 Å². The van der Waals surface area contributed by atoms with Gasteiger partial charge in [0.15, 0.2) is 0 Å². The highest BCUT2D eigenvalue weighted by atomic mass is 16.2. The van der Waals surface area contributed by atoms with Crippen molar-refractivity contribution >= 4 is 5.91 Å². The third kappa shape index (κ3) is 3.10. The van der Waals surface area contributed by atoms with Gasteiger partial charge in [0.2, 0.25) is 5.91 Å². The number of hydrogen-bond donors (Lipinski definition) is 0. The smallest absolute Gasteiger partial charge is 0.237 e. The maximum Gasteiger partial charge on any atom is 0.237 e. The molecule has 0 aromatic rings. The third-order valence-corrected chi connectivity index (χ3v) is 2.31. The van der Waals surface area contributed by atoms with Gasteiger partial charge < -0.3 is 4.90 Å². The minimum Gasteiger partial charge on any atom is -0.348 e. The first-order valence-corrected chi connectivity index (χ1v) is 4.91. The van der Waals surface area contributed by atoms with Crippen molar-refractivity contribution in [2.24, 2.45) is 5.92 Å². The molecule has 0 aliphatic heterocycles. The lowest BCUT2D eigenvalue weighted by atomic mass is 9.97. The fourth-order valence-electron chi connectivity index (χ4n) is 1.50. The molecule has 0 heterocycles. The molecule has 0 spiro atoms. The Balaban J connectivity index is 2.60. The molecule has 0 radical (unpaired) electrons. The van der Waals surface area contributed by atoms with Gasteiger partial charge in [-0.2, -0.15) is 0 Å². The van der Waals surface area contributed by atoms with Crippen LogP contribution in [0.1, 0.15) is 32.1 Å². The third-order valence-electron chi connectivity index (χ3n) is 2.31. The molecule has 1 amide bonds. The van der Waals surface area contributed by atoms with Crippen molar-refractivity contribution in [3.8, 4) is 11.8 Å². The highest BCUT2D eigenvalue weighted by Crippen LogP contribution is 2.14. The summed E-state index contributed by atoms with van der Waals surface area (Å²) in [6, 6.07) is 0. The van der Waals surface area contributed by atoms with E-state index < -0.39 is 0 Å². The van der Waals surface area contributed by atoms with Gasteiger partial charge in [-0.3, -0.25) is 4.79 Å². The molecule has 1 unspecified atom stereocenters. The molecule has 0 bridgehead atoms. The van der Waals surface area contributed by atoms with Gasteiger partial charge in [-0.25, -0.2) is 0 Å². The predicted molar refractivity (Wildman–Crippen MR) is 53.0 cm³/mol. The molecule has 1 aliphatic carbocycles. The Labute approximate surface area is 80.3 Å². The largest absolute Gasteiger partial charge is 0.348 e. The van der Waals surface area contributed by atoms with E-state index in [1.807, 2.05) is 0 Å². The van der Waals surface area contributed by atoms with Crippen LogP contribution in [0.25, 0.3) is 0 Å². The van der Waals surface area contributed by atoms with E-state index in [-0.39, 0.29) is 11.8 Å². The van der Waals surface area contributed by atoms with Crippen LogP contribution in [0, 0.1) is 17.8 Å². The van der Waals surface area contributed by atoms with E-state index in [0.717, 1.165) is 19.3 Å². The van der Waals surface area contributed by atoms with Gasteiger partial charge in [-0.1, -0.05) is 18.8 Å². The number of rotatable bonds is 1. The maximum absolute atomic E-state index is 11.6. The van der Waals surface area contributed by atoms with Gasteiger partial charge in [-0.05, 0) is 12.8 Å². The van der Waals surface area contributed by atoms with Crippen LogP contribution in [0.15, 0.2) is 0 Å². The second-order valence-electron chi connectivity index (χ2n) is 3.71. The predicted octanol–water partition coefficient (Wildman–Crippen LogP) is 1.66. The molecule has 1 aliphatic rings. The lowest BCUT2D eigenvalue weighted by Gasteiger charge is -2.16. The summed E-state index contributed by atoms with van der Waals surface area (Å²) in [5.74, 6) is 6.25. The highest BCUT2D eigenvalue weighted by molar-refractivity contribution is 5.81. The Hall–Kier alpha value is -0.970. The van der Waals surface area contributed by atoms with E-state index in [1.165, 1.54) is 12.8 Å². The summed E-state index contributed by atoms with van der Waals surface area (Å²) in [5, 5.41) is 0. The van der Waals surface area contributed by atoms with Crippen LogP contribution < -0.4 is 0 Å². The van der Waals surface area contributed by atoms with Crippen LogP contribution in [0.2, 0.25) is 0 Å². The van der Waals surface area contributed by atoms with Crippen molar-refractivity contribution in [1.82, 2.24) is 4.90 Å². The Morgan fingerprint density at radius 1 is 1.31 bits per heavy atom. The standard InChI is InChI=1S/C11H17NO/c1-12(2)11(13)10-8-6-4-3-5-7-9-10/h10H,3-6,8H2,1-2H3. The number of amides is 1. The molecule has 72 valence electrons. The SMILES string of the molecule is CN(C)C(=O)C1C#CCCCCC1. The molecule has 13 heavy (non-hydrogen) atoms. The fraction of sp³-hybridized carbons (Fsp3) is 0.727. The van der Waals surface area contributed by atoms with E-state index in [1.54, 1.807) is 19.0 Å². The molecular weight excluding hydrogens is 162 g/mol. The van der Waals surface area contributed by atoms with Crippen LogP contribution in [0.3, 0.4) is 0 Å². The topological polar surface area (TPSA) is 20.3 Å². The van der Waals surface area contributed by atoms with E-state index in [2.05, 4.69) is 11.8 Å². The zero-order chi connectivity index (χ0) is 9.68. The summed E-state index contributed by atoms with van der Waals surface area (Å²) in [5.41, 5.74) is 0. The quantitative estimate of drug-likeness (QED) is 0.561. The molecule has 2 nitrogen and oxygen atoms in total. The first-order chi connectivity index (χ1) is 6.22. The molecule has 0 saturated carbocycles. The summed E-state index contributed by atoms with van der Waals surface area (Å²) in [7, 11) is 3.59. The Bertz CT molecular complexity index is 234. The summed E-state index contributed by atoms with van der Waals surface area (Å²) in [4.78, 5) is 13.2. The summed E-state index contributed by atoms with van der Waals surface area (Å²) < 4.78 is 0. The molecule has 0 aromatic heterocycles. The van der Waals surface area contributed by atoms with Crippen LogP contribution in [0.4, 0.5) is 0 Å². The van der Waals surface area contributed by atoms with Crippen LogP contribution in [-0.4, -0.2) is 24.9 Å². The minimum atomic E-state index is -0.0460. The number of carbonyl (C=O) groups excluding carboxylic acids is 1. The lowest BCUT2D eigenvalue weighted by Crippen LogP contribution is -2.29. The molecule has 1 rings (SSSR count). The normalized spacial score (nSPS) is 22.2. The number of nitrogens with zero attached hydrogens (tertiary/aromatic N) is 1. The van der Waals surface area contributed by atoms with Crippen LogP contribution in [0.5, 0.6) is 0 Å². The van der Waals surface area contributed by atoms with Gasteiger partial charge in [0.1, 0.15) is 0 Å². The minimum absolute atomic E-state index is 0.0460. The Kier molecular flexibility index (Phi) is 3.82. The van der Waals surface area contributed by atoms with E-state index in [4.69, 9.17) is 0 Å². The lowest BCUT2D eigenvalue weighted by molar-refractivity contribution is -0.131. The molecule has 1 atom stereocenters. The Morgan fingerprint density at radius 2 is 2.08 bits per heavy atom. The number of carbonyl (C=O) groups is 1. The van der Waals surface area contributed by atoms with Gasteiger partial charge >= 0.3 is 0 Å². The molecule has 0 saturated heterocycles. The monoisotopic (exact) mass is 179 g/mol. The number of hydrogen-bond acceptors (Lipinski definition) is 1. The van der Waals surface area contributed by atoms with Crippen LogP contribution in [-0.2, 0) is 4.79 Å². The molecule has 2 heteroatoms. The fourth-order valence-corrected chi connectivity index (χ4v) is 1.50. The van der Waals surface area contributed by atoms with Crippen molar-refractivity contribution < 1.29 is 4.79 Å². The first kappa shape index (κ1) is 10.1. The van der Waals surface area contributed by atoms with Gasteiger partial charge in [0.25, 0.3) is 0 Å². The van der Waals surface area contributed by atoms with Crippen molar-refractivity contribution in [3.63, 3.8) is 0 Å². The molecular formula is C11H17NO. The van der Waals surface area contributed by atoms with Gasteiger partial charge in [0, 0.05) is 20.5 Å². The summed E-state index contributed by atoms with van der Waals surface area (Å²) in [6.07, 6.45) is 5.43. The van der Waals surface area contributed by atoms with Crippen molar-refractivity contribution in [2.75, 3.05) is 14.1 Å². The summed E-state index contributed by atoms with van der Waals surface area (Å²) >= 11 is 0. The molecule has 0 aromatic carbocycles. The molecule has 0 fully saturated rings. The van der Waals surface area contributed by atoms with Gasteiger partial charge in [-0.15, -0.1) is 5.92 Å². The van der Waals surface area contributed by atoms with E-state index >= 15 is 0 Å². The van der Waals surface area contributed by atoms with Crippen LogP contribution >= 0.6 is 0 Å². The second-order valence-corrected chi connectivity index (χ2v) is 3.71. The Morgan fingerprint density at radius 3 is 2.77 bits per heavy atom. The van der Waals surface area contributed by atoms with E-state index in [9.17, 15) is 4.79 Å². The average Bonchev–Trinajstić information content (AvgIpc) is 2.02. The highest BCUT2D eigenvalue weighted by Gasteiger charge is 2.17. The van der Waals surface area contributed by atoms with Crippen molar-refractivity contribution in [1.29, 1.82) is 0 Å². The zero-order valence-electron chi connectivity index (χ0n) is 8.47. The first-order valence-electron chi connectivity index (χ1n) is 4.91. The molecule has 0 N–H and O–H groups in total. The second kappa shape index (κ2) is 4.91. The average molecular weight is 179 g/mol. The summed E-state index contributed by atoms with van der Waals surface area (Å²) in [6.45, 7) is 0. The van der Waals surface area contributed by atoms with Crippen molar-refractivity contribution in [2.45, 2.75) is 32.1 Å².